The molecule has 1 fully saturated rings. The lowest BCUT2D eigenvalue weighted by Crippen LogP contribution is -2.34. The summed E-state index contributed by atoms with van der Waals surface area (Å²) < 4.78 is 0. The summed E-state index contributed by atoms with van der Waals surface area (Å²) in [6.45, 7) is 1.57. The van der Waals surface area contributed by atoms with E-state index in [2.05, 4.69) is 10.6 Å². The van der Waals surface area contributed by atoms with Gasteiger partial charge in [-0.25, -0.2) is 0 Å². The molecule has 0 atom stereocenters. The van der Waals surface area contributed by atoms with Crippen molar-refractivity contribution in [1.82, 2.24) is 10.2 Å². The van der Waals surface area contributed by atoms with E-state index < -0.39 is 0 Å². The minimum absolute atomic E-state index is 0.00859. The normalized spacial score (nSPS) is 15.8. The highest BCUT2D eigenvalue weighted by Gasteiger charge is 2.19. The highest BCUT2D eigenvalue weighted by molar-refractivity contribution is 5.95. The predicted octanol–water partition coefficient (Wildman–Crippen LogP) is 0.690. The van der Waals surface area contributed by atoms with Gasteiger partial charge in [0, 0.05) is 44.4 Å². The third-order valence-corrected chi connectivity index (χ3v) is 3.00. The fraction of sp³-hybridized carbons (Fsp3) is 0.385. The average Bonchev–Trinajstić information content (AvgIpc) is 2.63. The molecule has 1 aromatic rings. The Bertz CT molecular complexity index is 459. The van der Waals surface area contributed by atoms with Crippen molar-refractivity contribution >= 4 is 17.5 Å². The van der Waals surface area contributed by atoms with Gasteiger partial charge >= 0.3 is 0 Å². The Kier molecular flexibility index (Phi) is 3.82. The Morgan fingerprint density at radius 1 is 1.39 bits per heavy atom. The van der Waals surface area contributed by atoms with Crippen molar-refractivity contribution in [1.29, 1.82) is 0 Å². The average molecular weight is 247 g/mol. The predicted molar refractivity (Wildman–Crippen MR) is 69.5 cm³/mol. The zero-order valence-corrected chi connectivity index (χ0v) is 10.4. The smallest absolute Gasteiger partial charge is 0.254 e. The number of nitrogens with zero attached hydrogens (tertiary/aromatic N) is 1. The highest BCUT2D eigenvalue weighted by Crippen LogP contribution is 2.12. The number of anilines is 1. The molecular formula is C13H17N3O2. The maximum Gasteiger partial charge on any atom is 0.254 e. The Labute approximate surface area is 106 Å². The van der Waals surface area contributed by atoms with Gasteiger partial charge in [0.05, 0.1) is 0 Å². The van der Waals surface area contributed by atoms with Crippen molar-refractivity contribution in [2.24, 2.45) is 0 Å². The van der Waals surface area contributed by atoms with E-state index in [1.54, 1.807) is 11.0 Å². The van der Waals surface area contributed by atoms with Gasteiger partial charge in [-0.15, -0.1) is 0 Å². The summed E-state index contributed by atoms with van der Waals surface area (Å²) >= 11 is 0. The standard InChI is InChI=1S/C13H17N3O2/c1-14-11-4-2-3-10(9-11)13(18)16-7-5-12(17)15-6-8-16/h2-4,9,14H,5-8H2,1H3,(H,15,17). The maximum absolute atomic E-state index is 12.3. The largest absolute Gasteiger partial charge is 0.388 e. The molecular weight excluding hydrogens is 230 g/mol. The fourth-order valence-corrected chi connectivity index (χ4v) is 1.96. The van der Waals surface area contributed by atoms with Crippen LogP contribution in [-0.2, 0) is 4.79 Å². The molecule has 0 saturated carbocycles. The summed E-state index contributed by atoms with van der Waals surface area (Å²) in [5.41, 5.74) is 1.56. The lowest BCUT2D eigenvalue weighted by molar-refractivity contribution is -0.120. The molecule has 0 unspecified atom stereocenters. The van der Waals surface area contributed by atoms with Crippen LogP contribution in [0.3, 0.4) is 0 Å². The first-order valence-electron chi connectivity index (χ1n) is 6.04. The van der Waals surface area contributed by atoms with Crippen molar-refractivity contribution < 1.29 is 9.59 Å². The van der Waals surface area contributed by atoms with Crippen LogP contribution in [0.1, 0.15) is 16.8 Å². The molecule has 5 heteroatoms. The minimum Gasteiger partial charge on any atom is -0.388 e. The third-order valence-electron chi connectivity index (χ3n) is 3.00. The number of rotatable bonds is 2. The van der Waals surface area contributed by atoms with Crippen LogP contribution in [0.2, 0.25) is 0 Å². The molecule has 0 spiro atoms. The lowest BCUT2D eigenvalue weighted by atomic mass is 10.1. The Morgan fingerprint density at radius 2 is 2.22 bits per heavy atom. The zero-order valence-electron chi connectivity index (χ0n) is 10.4. The van der Waals surface area contributed by atoms with E-state index in [-0.39, 0.29) is 11.8 Å². The number of carbonyl (C=O) groups excluding carboxylic acids is 2. The quantitative estimate of drug-likeness (QED) is 0.808. The highest BCUT2D eigenvalue weighted by atomic mass is 16.2. The molecule has 0 radical (unpaired) electrons. The van der Waals surface area contributed by atoms with Crippen LogP contribution in [0.15, 0.2) is 24.3 Å². The molecule has 1 aliphatic heterocycles. The molecule has 0 bridgehead atoms. The summed E-state index contributed by atoms with van der Waals surface area (Å²) in [7, 11) is 1.82. The Morgan fingerprint density at radius 3 is 3.00 bits per heavy atom. The molecule has 96 valence electrons. The van der Waals surface area contributed by atoms with E-state index in [1.165, 1.54) is 0 Å². The molecule has 18 heavy (non-hydrogen) atoms. The van der Waals surface area contributed by atoms with Gasteiger partial charge in [-0.3, -0.25) is 9.59 Å². The van der Waals surface area contributed by atoms with E-state index >= 15 is 0 Å². The molecule has 1 saturated heterocycles. The number of hydrogen-bond donors (Lipinski definition) is 2. The lowest BCUT2D eigenvalue weighted by Gasteiger charge is -2.19. The van der Waals surface area contributed by atoms with E-state index in [0.29, 0.717) is 31.6 Å². The second-order valence-corrected chi connectivity index (χ2v) is 4.22. The van der Waals surface area contributed by atoms with Crippen LogP contribution in [0, 0.1) is 0 Å². The number of carbonyl (C=O) groups is 2. The van der Waals surface area contributed by atoms with Gasteiger partial charge in [0.2, 0.25) is 5.91 Å². The number of nitrogens with one attached hydrogen (secondary N) is 2. The minimum atomic E-state index is -0.0244. The zero-order chi connectivity index (χ0) is 13.0. The van der Waals surface area contributed by atoms with Gasteiger partial charge in [0.15, 0.2) is 0 Å². The first-order chi connectivity index (χ1) is 8.70. The van der Waals surface area contributed by atoms with E-state index in [4.69, 9.17) is 0 Å². The molecule has 1 aliphatic rings. The van der Waals surface area contributed by atoms with Crippen LogP contribution in [-0.4, -0.2) is 43.4 Å². The van der Waals surface area contributed by atoms with E-state index in [9.17, 15) is 9.59 Å². The second kappa shape index (κ2) is 5.53. The topological polar surface area (TPSA) is 61.4 Å². The molecule has 1 heterocycles. The van der Waals surface area contributed by atoms with Gasteiger partial charge in [-0.2, -0.15) is 0 Å². The summed E-state index contributed by atoms with van der Waals surface area (Å²) in [6.07, 6.45) is 0.372. The van der Waals surface area contributed by atoms with Gasteiger partial charge in [-0.05, 0) is 18.2 Å². The first-order valence-corrected chi connectivity index (χ1v) is 6.04. The molecule has 5 nitrogen and oxygen atoms in total. The number of hydrogen-bond acceptors (Lipinski definition) is 3. The van der Waals surface area contributed by atoms with Gasteiger partial charge in [-0.1, -0.05) is 6.07 Å². The third kappa shape index (κ3) is 2.80. The summed E-state index contributed by atoms with van der Waals surface area (Å²) in [4.78, 5) is 25.2. The van der Waals surface area contributed by atoms with Gasteiger partial charge in [0.25, 0.3) is 5.91 Å². The Hall–Kier alpha value is -2.04. The van der Waals surface area contributed by atoms with Crippen molar-refractivity contribution in [2.75, 3.05) is 32.0 Å². The monoisotopic (exact) mass is 247 g/mol. The van der Waals surface area contributed by atoms with E-state index in [0.717, 1.165) is 5.69 Å². The van der Waals surface area contributed by atoms with Crippen molar-refractivity contribution in [3.63, 3.8) is 0 Å². The van der Waals surface area contributed by atoms with Gasteiger partial charge < -0.3 is 15.5 Å². The van der Waals surface area contributed by atoms with Gasteiger partial charge in [0.1, 0.15) is 0 Å². The van der Waals surface area contributed by atoms with Crippen LogP contribution in [0.5, 0.6) is 0 Å². The molecule has 0 aliphatic carbocycles. The van der Waals surface area contributed by atoms with Crippen LogP contribution in [0.25, 0.3) is 0 Å². The van der Waals surface area contributed by atoms with Crippen LogP contribution < -0.4 is 10.6 Å². The number of benzene rings is 1. The van der Waals surface area contributed by atoms with Crippen molar-refractivity contribution in [3.8, 4) is 0 Å². The first kappa shape index (κ1) is 12.4. The number of amides is 2. The Balaban J connectivity index is 2.12. The molecule has 2 N–H and O–H groups in total. The second-order valence-electron chi connectivity index (χ2n) is 4.22. The van der Waals surface area contributed by atoms with Crippen molar-refractivity contribution in [2.45, 2.75) is 6.42 Å². The summed E-state index contributed by atoms with van der Waals surface area (Å²) in [5.74, 6) is -0.0159. The van der Waals surface area contributed by atoms with E-state index in [1.807, 2.05) is 25.2 Å². The summed E-state index contributed by atoms with van der Waals surface area (Å²) in [6, 6.07) is 7.37. The molecule has 1 aromatic carbocycles. The molecule has 0 aromatic heterocycles. The van der Waals surface area contributed by atoms with Crippen LogP contribution in [0.4, 0.5) is 5.69 Å². The van der Waals surface area contributed by atoms with Crippen molar-refractivity contribution in [3.05, 3.63) is 29.8 Å². The summed E-state index contributed by atoms with van der Waals surface area (Å²) in [5, 5.41) is 5.77. The molecule has 2 amide bonds. The van der Waals surface area contributed by atoms with Crippen LogP contribution >= 0.6 is 0 Å². The SMILES string of the molecule is CNc1cccc(C(=O)N2CCNC(=O)CC2)c1. The maximum atomic E-state index is 12.3. The fourth-order valence-electron chi connectivity index (χ4n) is 1.96. The molecule has 2 rings (SSSR count).